The molecule has 1 aromatic rings. The molecule has 2 N–H and O–H groups in total. The molecule has 0 aromatic heterocycles. The van der Waals surface area contributed by atoms with E-state index < -0.39 is 11.9 Å². The first-order valence-corrected chi connectivity index (χ1v) is 7.23. The molecule has 0 radical (unpaired) electrons. The summed E-state index contributed by atoms with van der Waals surface area (Å²) in [6.45, 7) is 0.537. The van der Waals surface area contributed by atoms with Crippen LogP contribution in [0, 0.1) is 0 Å². The zero-order chi connectivity index (χ0) is 14.0. The quantitative estimate of drug-likeness (QED) is 0.895. The number of hydrogen-bond acceptors (Lipinski definition) is 2. The number of halogens is 2. The summed E-state index contributed by atoms with van der Waals surface area (Å²) in [7, 11) is 0. The van der Waals surface area contributed by atoms with E-state index in [4.69, 9.17) is 17.3 Å². The first-order valence-electron chi connectivity index (χ1n) is 6.06. The number of nitrogens with two attached hydrogens (primary N) is 1. The predicted molar refractivity (Wildman–Crippen MR) is 77.0 cm³/mol. The zero-order valence-electron chi connectivity index (χ0n) is 10.2. The lowest BCUT2D eigenvalue weighted by atomic mass is 10.0. The van der Waals surface area contributed by atoms with Crippen LogP contribution >= 0.6 is 27.5 Å². The van der Waals surface area contributed by atoms with Gasteiger partial charge in [0.1, 0.15) is 6.04 Å². The largest absolute Gasteiger partial charge is 0.368 e. The second kappa shape index (κ2) is 5.92. The van der Waals surface area contributed by atoms with Gasteiger partial charge in [-0.05, 0) is 37.5 Å². The van der Waals surface area contributed by atoms with E-state index >= 15 is 0 Å². The number of nitrogens with zero attached hydrogens (tertiary/aromatic N) is 1. The van der Waals surface area contributed by atoms with Crippen molar-refractivity contribution in [3.05, 3.63) is 33.3 Å². The van der Waals surface area contributed by atoms with E-state index in [1.807, 2.05) is 0 Å². The molecular weight excluding hydrogens is 332 g/mol. The first-order chi connectivity index (χ1) is 9.00. The molecule has 2 amide bonds. The fraction of sp³-hybridized carbons (Fsp3) is 0.385. The Kier molecular flexibility index (Phi) is 4.47. The lowest BCUT2D eigenvalue weighted by Crippen LogP contribution is -2.50. The number of rotatable bonds is 2. The van der Waals surface area contributed by atoms with Gasteiger partial charge < -0.3 is 10.6 Å². The van der Waals surface area contributed by atoms with Gasteiger partial charge in [0, 0.05) is 11.0 Å². The molecule has 0 bridgehead atoms. The number of primary amides is 1. The molecule has 1 heterocycles. The molecule has 1 saturated heterocycles. The average Bonchev–Trinajstić information content (AvgIpc) is 2.40. The molecule has 1 aliphatic heterocycles. The number of benzene rings is 1. The van der Waals surface area contributed by atoms with Crippen molar-refractivity contribution in [2.24, 2.45) is 5.73 Å². The molecule has 19 heavy (non-hydrogen) atoms. The molecule has 102 valence electrons. The molecule has 4 nitrogen and oxygen atoms in total. The van der Waals surface area contributed by atoms with E-state index in [1.165, 1.54) is 4.90 Å². The smallest absolute Gasteiger partial charge is 0.256 e. The highest BCUT2D eigenvalue weighted by molar-refractivity contribution is 9.10. The maximum atomic E-state index is 12.5. The van der Waals surface area contributed by atoms with Gasteiger partial charge in [0.05, 0.1) is 10.6 Å². The molecule has 6 heteroatoms. The number of hydrogen-bond donors (Lipinski definition) is 1. The summed E-state index contributed by atoms with van der Waals surface area (Å²) in [6, 6.07) is 4.55. The Morgan fingerprint density at radius 3 is 2.79 bits per heavy atom. The van der Waals surface area contributed by atoms with Crippen molar-refractivity contribution in [2.75, 3.05) is 6.54 Å². The van der Waals surface area contributed by atoms with Gasteiger partial charge in [-0.1, -0.05) is 27.5 Å². The Morgan fingerprint density at radius 1 is 1.37 bits per heavy atom. The van der Waals surface area contributed by atoms with E-state index in [9.17, 15) is 9.59 Å². The van der Waals surface area contributed by atoms with Gasteiger partial charge in [-0.25, -0.2) is 0 Å². The summed E-state index contributed by atoms with van der Waals surface area (Å²) < 4.78 is 0.771. The summed E-state index contributed by atoms with van der Waals surface area (Å²) in [4.78, 5) is 25.5. The summed E-state index contributed by atoms with van der Waals surface area (Å²) in [6.07, 6.45) is 2.40. The topological polar surface area (TPSA) is 63.4 Å². The molecule has 0 aliphatic carbocycles. The number of piperidine rings is 1. The molecule has 1 fully saturated rings. The highest BCUT2D eigenvalue weighted by Gasteiger charge is 2.31. The number of carbonyl (C=O) groups excluding carboxylic acids is 2. The second-order valence-corrected chi connectivity index (χ2v) is 5.86. The highest BCUT2D eigenvalue weighted by atomic mass is 79.9. The van der Waals surface area contributed by atoms with E-state index in [2.05, 4.69) is 15.9 Å². The number of amides is 2. The van der Waals surface area contributed by atoms with Crippen LogP contribution in [-0.2, 0) is 4.79 Å². The van der Waals surface area contributed by atoms with Crippen LogP contribution in [-0.4, -0.2) is 29.3 Å². The summed E-state index contributed by atoms with van der Waals surface area (Å²) in [5.41, 5.74) is 5.76. The molecular formula is C13H14BrClN2O2. The SMILES string of the molecule is NC(=O)C1CCCCN1C(=O)c1cc(Br)ccc1Cl. The van der Waals surface area contributed by atoms with Crippen LogP contribution in [0.15, 0.2) is 22.7 Å². The molecule has 1 aliphatic rings. The van der Waals surface area contributed by atoms with Crippen molar-refractivity contribution in [1.29, 1.82) is 0 Å². The summed E-state index contributed by atoms with van der Waals surface area (Å²) in [5.74, 6) is -0.700. The fourth-order valence-corrected chi connectivity index (χ4v) is 2.85. The Balaban J connectivity index is 2.31. The van der Waals surface area contributed by atoms with E-state index in [0.717, 1.165) is 17.3 Å². The minimum atomic E-state index is -0.531. The van der Waals surface area contributed by atoms with Crippen molar-refractivity contribution in [1.82, 2.24) is 4.90 Å². The maximum Gasteiger partial charge on any atom is 0.256 e. The van der Waals surface area contributed by atoms with Crippen molar-refractivity contribution in [3.8, 4) is 0 Å². The summed E-state index contributed by atoms with van der Waals surface area (Å²) >= 11 is 9.36. The Labute approximate surface area is 125 Å². The van der Waals surface area contributed by atoms with Gasteiger partial charge in [-0.15, -0.1) is 0 Å². The average molecular weight is 346 g/mol. The molecule has 0 saturated carbocycles. The van der Waals surface area contributed by atoms with Crippen LogP contribution in [0.3, 0.4) is 0 Å². The van der Waals surface area contributed by atoms with Crippen LogP contribution < -0.4 is 5.73 Å². The Bertz CT molecular complexity index is 521. The number of likely N-dealkylation sites (tertiary alicyclic amines) is 1. The van der Waals surface area contributed by atoms with Crippen LogP contribution in [0.4, 0.5) is 0 Å². The van der Waals surface area contributed by atoms with Crippen LogP contribution in [0.2, 0.25) is 5.02 Å². The van der Waals surface area contributed by atoms with Gasteiger partial charge in [0.2, 0.25) is 5.91 Å². The van der Waals surface area contributed by atoms with Gasteiger partial charge in [0.25, 0.3) is 5.91 Å². The molecule has 0 spiro atoms. The molecule has 1 unspecified atom stereocenters. The van der Waals surface area contributed by atoms with Gasteiger partial charge in [-0.3, -0.25) is 9.59 Å². The van der Waals surface area contributed by atoms with Crippen molar-refractivity contribution in [3.63, 3.8) is 0 Å². The first kappa shape index (κ1) is 14.3. The van der Waals surface area contributed by atoms with Gasteiger partial charge in [0.15, 0.2) is 0 Å². The fourth-order valence-electron chi connectivity index (χ4n) is 2.29. The highest BCUT2D eigenvalue weighted by Crippen LogP contribution is 2.25. The normalized spacial score (nSPS) is 19.3. The number of carbonyl (C=O) groups is 2. The van der Waals surface area contributed by atoms with Crippen LogP contribution in [0.1, 0.15) is 29.6 Å². The van der Waals surface area contributed by atoms with Crippen molar-refractivity contribution in [2.45, 2.75) is 25.3 Å². The van der Waals surface area contributed by atoms with Crippen molar-refractivity contribution < 1.29 is 9.59 Å². The molecule has 1 aromatic carbocycles. The van der Waals surface area contributed by atoms with E-state index in [1.54, 1.807) is 18.2 Å². The van der Waals surface area contributed by atoms with E-state index in [-0.39, 0.29) is 5.91 Å². The summed E-state index contributed by atoms with van der Waals surface area (Å²) in [5, 5.41) is 0.377. The zero-order valence-corrected chi connectivity index (χ0v) is 12.6. The Morgan fingerprint density at radius 2 is 2.11 bits per heavy atom. The standard InChI is InChI=1S/C13H14BrClN2O2/c14-8-4-5-10(15)9(7-8)13(19)17-6-2-1-3-11(17)12(16)18/h4-5,7,11H,1-3,6H2,(H2,16,18). The van der Waals surface area contributed by atoms with Crippen LogP contribution in [0.25, 0.3) is 0 Å². The molecule has 1 atom stereocenters. The van der Waals surface area contributed by atoms with E-state index in [0.29, 0.717) is 23.6 Å². The lowest BCUT2D eigenvalue weighted by molar-refractivity contribution is -0.123. The maximum absolute atomic E-state index is 12.5. The second-order valence-electron chi connectivity index (χ2n) is 4.54. The van der Waals surface area contributed by atoms with Gasteiger partial charge >= 0.3 is 0 Å². The minimum Gasteiger partial charge on any atom is -0.368 e. The lowest BCUT2D eigenvalue weighted by Gasteiger charge is -2.33. The monoisotopic (exact) mass is 344 g/mol. The third-order valence-electron chi connectivity index (χ3n) is 3.25. The third-order valence-corrected chi connectivity index (χ3v) is 4.07. The van der Waals surface area contributed by atoms with Gasteiger partial charge in [-0.2, -0.15) is 0 Å². The molecule has 2 rings (SSSR count). The predicted octanol–water partition coefficient (Wildman–Crippen LogP) is 2.58. The Hall–Kier alpha value is -1.07. The third kappa shape index (κ3) is 3.09. The van der Waals surface area contributed by atoms with Crippen LogP contribution in [0.5, 0.6) is 0 Å². The minimum absolute atomic E-state index is 0.241. The van der Waals surface area contributed by atoms with Crippen molar-refractivity contribution >= 4 is 39.3 Å².